The fourth-order valence-electron chi connectivity index (χ4n) is 2.39. The third kappa shape index (κ3) is 3.22. The third-order valence-corrected chi connectivity index (χ3v) is 3.76. The summed E-state index contributed by atoms with van der Waals surface area (Å²) in [6, 6.07) is 10.3. The van der Waals surface area contributed by atoms with E-state index in [4.69, 9.17) is 4.74 Å². The van der Waals surface area contributed by atoms with Crippen molar-refractivity contribution < 1.29 is 20.1 Å². The minimum atomic E-state index is -0.779. The van der Waals surface area contributed by atoms with Gasteiger partial charge in [0.05, 0.1) is 12.2 Å². The number of aliphatic hydroxyl groups excluding tert-OH is 1. The number of ether oxygens (including phenoxy) is 1. The molecule has 1 aliphatic heterocycles. The zero-order valence-electron chi connectivity index (χ0n) is 12.7. The second kappa shape index (κ2) is 5.82. The van der Waals surface area contributed by atoms with Crippen LogP contribution in [-0.4, -0.2) is 27.5 Å². The van der Waals surface area contributed by atoms with E-state index < -0.39 is 5.60 Å². The molecule has 0 fully saturated rings. The molecule has 0 aliphatic carbocycles. The predicted molar refractivity (Wildman–Crippen MR) is 90.3 cm³/mol. The highest BCUT2D eigenvalue weighted by molar-refractivity contribution is 5.75. The van der Waals surface area contributed by atoms with E-state index in [0.717, 1.165) is 11.1 Å². The summed E-state index contributed by atoms with van der Waals surface area (Å²) in [5, 5.41) is 28.9. The molecule has 1 aliphatic rings. The Labute approximate surface area is 134 Å². The Hall–Kier alpha value is -2.72. The zero-order valence-corrected chi connectivity index (χ0v) is 12.7. The molecule has 1 heterocycles. The highest BCUT2D eigenvalue weighted by atomic mass is 16.5. The first-order chi connectivity index (χ1) is 11.0. The standard InChI is InChI=1S/C19H18O4/c1-19(12-20)9-8-16-17(22)10-14(11-18(16)23-19)3-2-13-4-6-15(21)7-5-13/h2-11,20-22H,12H2,1H3/b3-2+. The van der Waals surface area contributed by atoms with Crippen LogP contribution < -0.4 is 4.74 Å². The lowest BCUT2D eigenvalue weighted by atomic mass is 9.99. The SMILES string of the molecule is CC1(CO)C=Cc2c(O)cc(/C=C/c3ccc(O)cc3)cc2O1. The van der Waals surface area contributed by atoms with E-state index in [0.29, 0.717) is 11.3 Å². The lowest BCUT2D eigenvalue weighted by molar-refractivity contribution is 0.0638. The molecule has 1 unspecified atom stereocenters. The van der Waals surface area contributed by atoms with E-state index in [-0.39, 0.29) is 18.1 Å². The summed E-state index contributed by atoms with van der Waals surface area (Å²) in [5.74, 6) is 0.885. The predicted octanol–water partition coefficient (Wildman–Crippen LogP) is 3.42. The summed E-state index contributed by atoms with van der Waals surface area (Å²) in [6.45, 7) is 1.64. The summed E-state index contributed by atoms with van der Waals surface area (Å²) in [6.07, 6.45) is 7.23. The van der Waals surface area contributed by atoms with Gasteiger partial charge in [0.2, 0.25) is 0 Å². The van der Waals surface area contributed by atoms with E-state index in [9.17, 15) is 15.3 Å². The van der Waals surface area contributed by atoms with E-state index in [1.54, 1.807) is 49.4 Å². The van der Waals surface area contributed by atoms with E-state index in [1.807, 2.05) is 18.2 Å². The van der Waals surface area contributed by atoms with Crippen LogP contribution in [0, 0.1) is 0 Å². The van der Waals surface area contributed by atoms with Gasteiger partial charge in [0.1, 0.15) is 22.8 Å². The molecule has 23 heavy (non-hydrogen) atoms. The third-order valence-electron chi connectivity index (χ3n) is 3.76. The van der Waals surface area contributed by atoms with Crippen molar-refractivity contribution in [2.75, 3.05) is 6.61 Å². The highest BCUT2D eigenvalue weighted by Crippen LogP contribution is 2.37. The smallest absolute Gasteiger partial charge is 0.148 e. The molecular formula is C19H18O4. The van der Waals surface area contributed by atoms with Crippen molar-refractivity contribution in [3.8, 4) is 17.2 Å². The fourth-order valence-corrected chi connectivity index (χ4v) is 2.39. The Morgan fingerprint density at radius 1 is 1.04 bits per heavy atom. The van der Waals surface area contributed by atoms with Gasteiger partial charge in [0.15, 0.2) is 0 Å². The van der Waals surface area contributed by atoms with Crippen LogP contribution in [0.1, 0.15) is 23.6 Å². The molecule has 1 atom stereocenters. The molecule has 2 aromatic carbocycles. The lowest BCUT2D eigenvalue weighted by Gasteiger charge is -2.30. The molecule has 2 aromatic rings. The van der Waals surface area contributed by atoms with E-state index in [2.05, 4.69) is 0 Å². The van der Waals surface area contributed by atoms with Crippen LogP contribution in [0.5, 0.6) is 17.2 Å². The minimum absolute atomic E-state index is 0.129. The molecule has 0 aromatic heterocycles. The average Bonchev–Trinajstić information content (AvgIpc) is 2.54. The van der Waals surface area contributed by atoms with Crippen molar-refractivity contribution in [1.29, 1.82) is 0 Å². The summed E-state index contributed by atoms with van der Waals surface area (Å²) < 4.78 is 5.79. The topological polar surface area (TPSA) is 69.9 Å². The average molecular weight is 310 g/mol. The first-order valence-corrected chi connectivity index (χ1v) is 7.32. The first-order valence-electron chi connectivity index (χ1n) is 7.32. The minimum Gasteiger partial charge on any atom is -0.508 e. The molecule has 3 rings (SSSR count). The van der Waals surface area contributed by atoms with Crippen molar-refractivity contribution >= 4 is 18.2 Å². The Balaban J connectivity index is 1.91. The van der Waals surface area contributed by atoms with Crippen LogP contribution in [0.2, 0.25) is 0 Å². The summed E-state index contributed by atoms with van der Waals surface area (Å²) in [4.78, 5) is 0. The van der Waals surface area contributed by atoms with Crippen LogP contribution in [0.25, 0.3) is 18.2 Å². The molecular weight excluding hydrogens is 292 g/mol. The largest absolute Gasteiger partial charge is 0.508 e. The quantitative estimate of drug-likeness (QED) is 0.760. The van der Waals surface area contributed by atoms with Gasteiger partial charge in [0, 0.05) is 0 Å². The Morgan fingerprint density at radius 3 is 2.43 bits per heavy atom. The molecule has 0 amide bonds. The molecule has 0 radical (unpaired) electrons. The summed E-state index contributed by atoms with van der Waals surface area (Å²) >= 11 is 0. The molecule has 4 nitrogen and oxygen atoms in total. The van der Waals surface area contributed by atoms with Gasteiger partial charge in [-0.3, -0.25) is 0 Å². The number of phenolic OH excluding ortho intramolecular Hbond substituents is 2. The van der Waals surface area contributed by atoms with Gasteiger partial charge in [0.25, 0.3) is 0 Å². The number of aliphatic hydroxyl groups is 1. The summed E-state index contributed by atoms with van der Waals surface area (Å²) in [5.41, 5.74) is 1.54. The van der Waals surface area contributed by atoms with Gasteiger partial charge >= 0.3 is 0 Å². The van der Waals surface area contributed by atoms with Crippen molar-refractivity contribution in [3.63, 3.8) is 0 Å². The van der Waals surface area contributed by atoms with Crippen LogP contribution in [-0.2, 0) is 0 Å². The number of fused-ring (bicyclic) bond motifs is 1. The molecule has 4 heteroatoms. The van der Waals surface area contributed by atoms with E-state index >= 15 is 0 Å². The number of rotatable bonds is 3. The molecule has 3 N–H and O–H groups in total. The van der Waals surface area contributed by atoms with Gasteiger partial charge in [-0.05, 0) is 54.5 Å². The Kier molecular flexibility index (Phi) is 3.84. The number of aromatic hydroxyl groups is 2. The molecule has 0 saturated carbocycles. The molecule has 0 bridgehead atoms. The fraction of sp³-hybridized carbons (Fsp3) is 0.158. The van der Waals surface area contributed by atoms with Crippen LogP contribution >= 0.6 is 0 Å². The van der Waals surface area contributed by atoms with Gasteiger partial charge < -0.3 is 20.1 Å². The normalized spacial score (nSPS) is 19.6. The number of hydrogen-bond acceptors (Lipinski definition) is 4. The van der Waals surface area contributed by atoms with Crippen LogP contribution in [0.4, 0.5) is 0 Å². The monoisotopic (exact) mass is 310 g/mol. The van der Waals surface area contributed by atoms with Crippen molar-refractivity contribution in [2.45, 2.75) is 12.5 Å². The van der Waals surface area contributed by atoms with Gasteiger partial charge in [-0.15, -0.1) is 0 Å². The number of hydrogen-bond donors (Lipinski definition) is 3. The molecule has 118 valence electrons. The van der Waals surface area contributed by atoms with Crippen molar-refractivity contribution in [1.82, 2.24) is 0 Å². The second-order valence-electron chi connectivity index (χ2n) is 5.78. The van der Waals surface area contributed by atoms with Gasteiger partial charge in [-0.25, -0.2) is 0 Å². The summed E-state index contributed by atoms with van der Waals surface area (Å²) in [7, 11) is 0. The van der Waals surface area contributed by atoms with Crippen LogP contribution in [0.15, 0.2) is 42.5 Å². The van der Waals surface area contributed by atoms with Crippen molar-refractivity contribution in [2.24, 2.45) is 0 Å². The maximum atomic E-state index is 10.2. The highest BCUT2D eigenvalue weighted by Gasteiger charge is 2.27. The van der Waals surface area contributed by atoms with Gasteiger partial charge in [-0.1, -0.05) is 24.3 Å². The van der Waals surface area contributed by atoms with Crippen LogP contribution in [0.3, 0.4) is 0 Å². The number of benzene rings is 2. The number of phenols is 2. The van der Waals surface area contributed by atoms with E-state index in [1.165, 1.54) is 0 Å². The maximum absolute atomic E-state index is 10.2. The van der Waals surface area contributed by atoms with Gasteiger partial charge in [-0.2, -0.15) is 0 Å². The second-order valence-corrected chi connectivity index (χ2v) is 5.78. The zero-order chi connectivity index (χ0) is 16.4. The Morgan fingerprint density at radius 2 is 1.74 bits per heavy atom. The lowest BCUT2D eigenvalue weighted by Crippen LogP contribution is -2.35. The maximum Gasteiger partial charge on any atom is 0.148 e. The Bertz CT molecular complexity index is 775. The van der Waals surface area contributed by atoms with Crippen molar-refractivity contribution in [3.05, 3.63) is 59.2 Å². The first kappa shape index (κ1) is 15.2. The molecule has 0 spiro atoms. The molecule has 0 saturated heterocycles.